The van der Waals surface area contributed by atoms with Crippen molar-refractivity contribution in [1.29, 1.82) is 5.26 Å². The van der Waals surface area contributed by atoms with E-state index in [0.717, 1.165) is 11.1 Å². The summed E-state index contributed by atoms with van der Waals surface area (Å²) in [4.78, 5) is 15.7. The Hall–Kier alpha value is -2.35. The fraction of sp³-hybridized carbons (Fsp3) is 0.167. The molecule has 1 unspecified atom stereocenters. The maximum absolute atomic E-state index is 11.6. The van der Waals surface area contributed by atoms with Gasteiger partial charge < -0.3 is 4.74 Å². The molecule has 0 radical (unpaired) electrons. The van der Waals surface area contributed by atoms with Gasteiger partial charge in [0.1, 0.15) is 0 Å². The molecular weight excluding hydrogens is 347 g/mol. The summed E-state index contributed by atoms with van der Waals surface area (Å²) < 4.78 is 4.80. The number of halogens is 2. The summed E-state index contributed by atoms with van der Waals surface area (Å²) in [6.45, 7) is 1.89. The summed E-state index contributed by atoms with van der Waals surface area (Å²) in [7, 11) is 0. The first-order valence-corrected chi connectivity index (χ1v) is 7.96. The molecule has 1 atom stereocenters. The van der Waals surface area contributed by atoms with Gasteiger partial charge in [-0.3, -0.25) is 9.79 Å². The number of carbonyl (C=O) groups is 1. The average Bonchev–Trinajstić information content (AvgIpc) is 2.57. The zero-order valence-electron chi connectivity index (χ0n) is 12.9. The molecule has 0 heterocycles. The summed E-state index contributed by atoms with van der Waals surface area (Å²) in [5, 5.41) is 10.2. The molecule has 0 N–H and O–H groups in total. The Labute approximate surface area is 150 Å². The lowest BCUT2D eigenvalue weighted by atomic mass is 10.1. The summed E-state index contributed by atoms with van der Waals surface area (Å²) in [6, 6.07) is 14.4. The molecule has 0 aliphatic carbocycles. The van der Waals surface area contributed by atoms with Crippen molar-refractivity contribution in [2.75, 3.05) is 6.61 Å². The molecule has 0 fully saturated rings. The smallest absolute Gasteiger partial charge is 0.328 e. The Morgan fingerprint density at radius 3 is 2.58 bits per heavy atom. The maximum atomic E-state index is 11.6. The van der Waals surface area contributed by atoms with Crippen LogP contribution in [-0.2, 0) is 9.53 Å². The Kier molecular flexibility index (Phi) is 6.36. The van der Waals surface area contributed by atoms with Gasteiger partial charge in [-0.15, -0.1) is 0 Å². The average molecular weight is 361 g/mol. The van der Waals surface area contributed by atoms with E-state index in [1.54, 1.807) is 31.2 Å². The van der Waals surface area contributed by atoms with E-state index in [1.807, 2.05) is 24.3 Å². The molecule has 2 rings (SSSR count). The number of benzene rings is 2. The number of carbonyl (C=O) groups excluding carboxylic acids is 1. The third-order valence-corrected chi connectivity index (χ3v) is 3.72. The van der Waals surface area contributed by atoms with Gasteiger partial charge in [0.2, 0.25) is 0 Å². The number of rotatable bonds is 5. The van der Waals surface area contributed by atoms with Crippen LogP contribution in [0, 0.1) is 17.2 Å². The summed E-state index contributed by atoms with van der Waals surface area (Å²) in [6.07, 6.45) is 1.26. The minimum absolute atomic E-state index is 0.215. The van der Waals surface area contributed by atoms with Crippen LogP contribution in [0.3, 0.4) is 0 Å². The molecule has 0 saturated carbocycles. The zero-order valence-corrected chi connectivity index (χ0v) is 14.4. The lowest BCUT2D eigenvalue weighted by Crippen LogP contribution is -2.17. The van der Waals surface area contributed by atoms with Crippen molar-refractivity contribution in [3.63, 3.8) is 0 Å². The Morgan fingerprint density at radius 2 is 2.00 bits per heavy atom. The van der Waals surface area contributed by atoms with E-state index in [9.17, 15) is 4.79 Å². The number of nitriles is 1. The molecule has 0 aromatic heterocycles. The second-order valence-electron chi connectivity index (χ2n) is 4.81. The highest BCUT2D eigenvalue weighted by Gasteiger charge is 2.16. The summed E-state index contributed by atoms with van der Waals surface area (Å²) in [5.41, 5.74) is 2.32. The Balaban J connectivity index is 2.20. The van der Waals surface area contributed by atoms with Crippen LogP contribution in [0.1, 0.15) is 6.92 Å². The minimum atomic E-state index is -1.04. The van der Waals surface area contributed by atoms with E-state index in [2.05, 4.69) is 4.99 Å². The van der Waals surface area contributed by atoms with Crippen LogP contribution in [0.25, 0.3) is 11.1 Å². The van der Waals surface area contributed by atoms with Crippen LogP contribution in [0.4, 0.5) is 5.69 Å². The van der Waals surface area contributed by atoms with Gasteiger partial charge in [-0.05, 0) is 36.8 Å². The van der Waals surface area contributed by atoms with Crippen molar-refractivity contribution < 1.29 is 9.53 Å². The van der Waals surface area contributed by atoms with Gasteiger partial charge in [0, 0.05) is 16.8 Å². The highest BCUT2D eigenvalue weighted by Crippen LogP contribution is 2.31. The van der Waals surface area contributed by atoms with E-state index in [0.29, 0.717) is 15.7 Å². The van der Waals surface area contributed by atoms with Crippen molar-refractivity contribution in [1.82, 2.24) is 0 Å². The van der Waals surface area contributed by atoms with Gasteiger partial charge in [-0.1, -0.05) is 41.4 Å². The van der Waals surface area contributed by atoms with E-state index in [4.69, 9.17) is 33.2 Å². The highest BCUT2D eigenvalue weighted by molar-refractivity contribution is 6.33. The molecule has 0 aliphatic heterocycles. The molecule has 0 aliphatic rings. The van der Waals surface area contributed by atoms with Crippen molar-refractivity contribution in [2.45, 2.75) is 6.92 Å². The Bertz CT molecular complexity index is 796. The lowest BCUT2D eigenvalue weighted by molar-refractivity contribution is -0.143. The van der Waals surface area contributed by atoms with Gasteiger partial charge in [-0.2, -0.15) is 5.26 Å². The van der Waals surface area contributed by atoms with Gasteiger partial charge in [0.25, 0.3) is 0 Å². The summed E-state index contributed by atoms with van der Waals surface area (Å²) in [5.74, 6) is -1.66. The number of aliphatic imine (C=N–C) groups is 1. The predicted molar refractivity (Wildman–Crippen MR) is 95.8 cm³/mol. The first kappa shape index (κ1) is 18.0. The molecule has 6 heteroatoms. The fourth-order valence-electron chi connectivity index (χ4n) is 1.99. The molecule has 0 spiro atoms. The largest absolute Gasteiger partial charge is 0.465 e. The quantitative estimate of drug-likeness (QED) is 0.552. The van der Waals surface area contributed by atoms with Crippen LogP contribution < -0.4 is 0 Å². The van der Waals surface area contributed by atoms with Crippen molar-refractivity contribution in [2.24, 2.45) is 10.9 Å². The molecule has 2 aromatic carbocycles. The van der Waals surface area contributed by atoms with E-state index < -0.39 is 11.9 Å². The minimum Gasteiger partial charge on any atom is -0.465 e. The number of ether oxygens (including phenoxy) is 1. The molecule has 122 valence electrons. The summed E-state index contributed by atoms with van der Waals surface area (Å²) >= 11 is 12.2. The van der Waals surface area contributed by atoms with Crippen LogP contribution in [-0.4, -0.2) is 18.8 Å². The first-order chi connectivity index (χ1) is 11.5. The molecule has 24 heavy (non-hydrogen) atoms. The molecule has 2 aromatic rings. The number of hydrogen-bond acceptors (Lipinski definition) is 4. The number of hydrogen-bond donors (Lipinski definition) is 0. The predicted octanol–water partition coefficient (Wildman–Crippen LogP) is 5.07. The van der Waals surface area contributed by atoms with Crippen molar-refractivity contribution in [3.8, 4) is 17.2 Å². The van der Waals surface area contributed by atoms with E-state index in [1.165, 1.54) is 6.21 Å². The van der Waals surface area contributed by atoms with E-state index >= 15 is 0 Å². The van der Waals surface area contributed by atoms with Crippen LogP contribution in [0.15, 0.2) is 47.5 Å². The van der Waals surface area contributed by atoms with Crippen molar-refractivity contribution in [3.05, 3.63) is 52.5 Å². The number of esters is 1. The molecule has 0 amide bonds. The normalized spacial score (nSPS) is 11.9. The third kappa shape index (κ3) is 4.58. The van der Waals surface area contributed by atoms with Crippen LogP contribution in [0.5, 0.6) is 0 Å². The van der Waals surface area contributed by atoms with Crippen LogP contribution in [0.2, 0.25) is 10.0 Å². The third-order valence-electron chi connectivity index (χ3n) is 3.16. The van der Waals surface area contributed by atoms with Gasteiger partial charge in [-0.25, -0.2) is 0 Å². The lowest BCUT2D eigenvalue weighted by Gasteiger charge is -2.06. The topological polar surface area (TPSA) is 62.5 Å². The van der Waals surface area contributed by atoms with Gasteiger partial charge >= 0.3 is 5.97 Å². The highest BCUT2D eigenvalue weighted by atomic mass is 35.5. The molecular formula is C18H14Cl2N2O2. The molecule has 0 bridgehead atoms. The first-order valence-electron chi connectivity index (χ1n) is 7.21. The molecule has 0 saturated heterocycles. The van der Waals surface area contributed by atoms with E-state index in [-0.39, 0.29) is 6.61 Å². The fourth-order valence-corrected chi connectivity index (χ4v) is 2.40. The SMILES string of the molecule is CCOC(=O)C(C#N)C=Nc1ccc(-c2ccc(Cl)cc2)c(Cl)c1. The number of nitrogens with zero attached hydrogens (tertiary/aromatic N) is 2. The molecule has 4 nitrogen and oxygen atoms in total. The Morgan fingerprint density at radius 1 is 1.29 bits per heavy atom. The maximum Gasteiger partial charge on any atom is 0.328 e. The monoisotopic (exact) mass is 360 g/mol. The van der Waals surface area contributed by atoms with Crippen molar-refractivity contribution >= 4 is 41.1 Å². The second-order valence-corrected chi connectivity index (χ2v) is 5.65. The van der Waals surface area contributed by atoms with Gasteiger partial charge in [0.15, 0.2) is 5.92 Å². The van der Waals surface area contributed by atoms with Gasteiger partial charge in [0.05, 0.1) is 23.4 Å². The van der Waals surface area contributed by atoms with Crippen LogP contribution >= 0.6 is 23.2 Å². The second kappa shape index (κ2) is 8.49. The standard InChI is InChI=1S/C18H14Cl2N2O2/c1-2-24-18(23)13(10-21)11-22-15-7-8-16(17(20)9-15)12-3-5-14(19)6-4-12/h3-9,11,13H,2H2,1H3. The zero-order chi connectivity index (χ0) is 17.5.